The van der Waals surface area contributed by atoms with Crippen molar-refractivity contribution in [2.45, 2.75) is 25.7 Å². The Morgan fingerprint density at radius 2 is 2.16 bits per heavy atom. The number of tetrazole rings is 1. The lowest BCUT2D eigenvalue weighted by Crippen LogP contribution is -2.17. The zero-order valence-electron chi connectivity index (χ0n) is 13.0. The zero-order valence-corrected chi connectivity index (χ0v) is 15.4. The first-order chi connectivity index (χ1) is 12.1. The number of hydrogen-bond donors (Lipinski definition) is 1. The molecule has 0 bridgehead atoms. The van der Waals surface area contributed by atoms with Gasteiger partial charge in [0.1, 0.15) is 17.1 Å². The van der Waals surface area contributed by atoms with E-state index in [1.807, 2.05) is 0 Å². The van der Waals surface area contributed by atoms with E-state index in [0.29, 0.717) is 15.0 Å². The molecule has 3 aromatic rings. The molecule has 2 aromatic heterocycles. The first kappa shape index (κ1) is 16.3. The van der Waals surface area contributed by atoms with Crippen LogP contribution in [0.1, 0.15) is 33.6 Å². The van der Waals surface area contributed by atoms with Crippen molar-refractivity contribution in [3.63, 3.8) is 0 Å². The SMILES string of the molecule is O=C(Nc1ccc(Br)cc1F)c1c(-n2cnnn2)sc2c1CCCC2. The predicted molar refractivity (Wildman–Crippen MR) is 95.7 cm³/mol. The average molecular weight is 422 g/mol. The highest BCUT2D eigenvalue weighted by molar-refractivity contribution is 9.10. The standard InChI is InChI=1S/C16H13BrFN5OS/c17-9-5-6-12(11(18)7-9)20-15(24)14-10-3-1-2-4-13(10)25-16(14)23-8-19-21-22-23/h5-8H,1-4H2,(H,20,24). The van der Waals surface area contributed by atoms with Crippen molar-refractivity contribution in [2.24, 2.45) is 0 Å². The van der Waals surface area contributed by atoms with Crippen LogP contribution in [-0.4, -0.2) is 26.1 Å². The quantitative estimate of drug-likeness (QED) is 0.698. The van der Waals surface area contributed by atoms with Crippen LogP contribution in [0.15, 0.2) is 29.0 Å². The molecule has 1 aliphatic rings. The number of halogens is 2. The molecule has 1 amide bonds. The summed E-state index contributed by atoms with van der Waals surface area (Å²) in [6.45, 7) is 0. The van der Waals surface area contributed by atoms with Gasteiger partial charge in [0.15, 0.2) is 0 Å². The van der Waals surface area contributed by atoms with E-state index in [1.54, 1.807) is 6.07 Å². The molecule has 25 heavy (non-hydrogen) atoms. The maximum atomic E-state index is 14.1. The molecule has 1 aromatic carbocycles. The van der Waals surface area contributed by atoms with Crippen LogP contribution in [0.25, 0.3) is 5.00 Å². The van der Waals surface area contributed by atoms with Crippen molar-refractivity contribution in [1.29, 1.82) is 0 Å². The monoisotopic (exact) mass is 421 g/mol. The smallest absolute Gasteiger partial charge is 0.259 e. The molecule has 0 saturated heterocycles. The first-order valence-corrected chi connectivity index (χ1v) is 9.38. The number of fused-ring (bicyclic) bond motifs is 1. The summed E-state index contributed by atoms with van der Waals surface area (Å²) in [6.07, 6.45) is 5.37. The van der Waals surface area contributed by atoms with Crippen LogP contribution >= 0.6 is 27.3 Å². The molecule has 0 saturated carbocycles. The molecule has 0 spiro atoms. The predicted octanol–water partition coefficient (Wildman–Crippen LogP) is 3.76. The minimum atomic E-state index is -0.490. The molecule has 128 valence electrons. The lowest BCUT2D eigenvalue weighted by molar-refractivity contribution is 0.102. The maximum absolute atomic E-state index is 14.1. The molecule has 0 fully saturated rings. The minimum absolute atomic E-state index is 0.145. The molecule has 9 heteroatoms. The molecule has 6 nitrogen and oxygen atoms in total. The van der Waals surface area contributed by atoms with Gasteiger partial charge in [0.2, 0.25) is 0 Å². The maximum Gasteiger partial charge on any atom is 0.259 e. The third-order valence-corrected chi connectivity index (χ3v) is 5.89. The van der Waals surface area contributed by atoms with Crippen LogP contribution in [0.4, 0.5) is 10.1 Å². The number of benzene rings is 1. The Bertz CT molecular complexity index is 940. The number of nitrogens with zero attached hydrogens (tertiary/aromatic N) is 4. The number of carbonyl (C=O) groups excluding carboxylic acids is 1. The second kappa shape index (κ2) is 6.64. The molecule has 0 radical (unpaired) electrons. The van der Waals surface area contributed by atoms with E-state index >= 15 is 0 Å². The largest absolute Gasteiger partial charge is 0.319 e. The highest BCUT2D eigenvalue weighted by Gasteiger charge is 2.27. The Kier molecular flexibility index (Phi) is 4.34. The van der Waals surface area contributed by atoms with Gasteiger partial charge in [-0.25, -0.2) is 4.39 Å². The molecule has 2 heterocycles. The Hall–Kier alpha value is -2.13. The molecule has 4 rings (SSSR count). The highest BCUT2D eigenvalue weighted by Crippen LogP contribution is 2.37. The van der Waals surface area contributed by atoms with Crippen LogP contribution in [0.2, 0.25) is 0 Å². The first-order valence-electron chi connectivity index (χ1n) is 7.78. The van der Waals surface area contributed by atoms with Crippen LogP contribution in [-0.2, 0) is 12.8 Å². The van der Waals surface area contributed by atoms with E-state index in [-0.39, 0.29) is 11.6 Å². The van der Waals surface area contributed by atoms with Gasteiger partial charge in [-0.1, -0.05) is 15.9 Å². The molecule has 1 N–H and O–H groups in total. The third kappa shape index (κ3) is 3.09. The fourth-order valence-electron chi connectivity index (χ4n) is 2.98. The van der Waals surface area contributed by atoms with E-state index in [1.165, 1.54) is 39.4 Å². The molecule has 0 aliphatic heterocycles. The van der Waals surface area contributed by atoms with Crippen molar-refractivity contribution >= 4 is 38.9 Å². The number of thiophene rings is 1. The summed E-state index contributed by atoms with van der Waals surface area (Å²) in [5, 5.41) is 14.6. The van der Waals surface area contributed by atoms with E-state index in [4.69, 9.17) is 0 Å². The summed E-state index contributed by atoms with van der Waals surface area (Å²) < 4.78 is 16.2. The number of aryl methyl sites for hydroxylation is 1. The lowest BCUT2D eigenvalue weighted by atomic mass is 9.95. The Labute approximate surface area is 155 Å². The van der Waals surface area contributed by atoms with Gasteiger partial charge < -0.3 is 5.32 Å². The molecule has 0 unspecified atom stereocenters. The molecular weight excluding hydrogens is 409 g/mol. The number of anilines is 1. The summed E-state index contributed by atoms with van der Waals surface area (Å²) in [6, 6.07) is 4.54. The summed E-state index contributed by atoms with van der Waals surface area (Å²) in [5.41, 5.74) is 1.71. The fraction of sp³-hybridized carbons (Fsp3) is 0.250. The topological polar surface area (TPSA) is 72.7 Å². The van der Waals surface area contributed by atoms with Gasteiger partial charge in [-0.05, 0) is 59.9 Å². The Balaban J connectivity index is 1.75. The van der Waals surface area contributed by atoms with Gasteiger partial charge in [0, 0.05) is 9.35 Å². The third-order valence-electron chi connectivity index (χ3n) is 4.12. The fourth-order valence-corrected chi connectivity index (χ4v) is 4.61. The summed E-state index contributed by atoms with van der Waals surface area (Å²) >= 11 is 4.74. The van der Waals surface area contributed by atoms with Gasteiger partial charge in [-0.3, -0.25) is 4.79 Å². The molecule has 1 aliphatic carbocycles. The highest BCUT2D eigenvalue weighted by atomic mass is 79.9. The van der Waals surface area contributed by atoms with Crippen molar-refractivity contribution in [2.75, 3.05) is 5.32 Å². The average Bonchev–Trinajstić information content (AvgIpc) is 3.24. The van der Waals surface area contributed by atoms with Crippen LogP contribution in [0.3, 0.4) is 0 Å². The normalized spacial score (nSPS) is 13.5. The number of rotatable bonds is 3. The summed E-state index contributed by atoms with van der Waals surface area (Å²) in [7, 11) is 0. The second-order valence-electron chi connectivity index (χ2n) is 5.72. The van der Waals surface area contributed by atoms with Gasteiger partial charge >= 0.3 is 0 Å². The van der Waals surface area contributed by atoms with Gasteiger partial charge in [0.05, 0.1) is 11.3 Å². The Morgan fingerprint density at radius 1 is 1.32 bits per heavy atom. The summed E-state index contributed by atoms with van der Waals surface area (Å²) in [4.78, 5) is 14.1. The van der Waals surface area contributed by atoms with E-state index < -0.39 is 5.82 Å². The summed E-state index contributed by atoms with van der Waals surface area (Å²) in [5.74, 6) is -0.832. The van der Waals surface area contributed by atoms with E-state index in [0.717, 1.165) is 31.2 Å². The Morgan fingerprint density at radius 3 is 2.92 bits per heavy atom. The van der Waals surface area contributed by atoms with Crippen molar-refractivity contribution in [3.8, 4) is 5.00 Å². The molecular formula is C16H13BrFN5OS. The van der Waals surface area contributed by atoms with Crippen molar-refractivity contribution in [1.82, 2.24) is 20.2 Å². The van der Waals surface area contributed by atoms with Crippen molar-refractivity contribution < 1.29 is 9.18 Å². The minimum Gasteiger partial charge on any atom is -0.319 e. The second-order valence-corrected chi connectivity index (χ2v) is 7.72. The number of hydrogen-bond acceptors (Lipinski definition) is 5. The number of aromatic nitrogens is 4. The number of nitrogens with one attached hydrogen (secondary N) is 1. The van der Waals surface area contributed by atoms with Gasteiger partial charge in [-0.15, -0.1) is 16.4 Å². The lowest BCUT2D eigenvalue weighted by Gasteiger charge is -2.13. The molecule has 0 atom stereocenters. The van der Waals surface area contributed by atoms with Crippen LogP contribution < -0.4 is 5.32 Å². The zero-order chi connectivity index (χ0) is 17.4. The van der Waals surface area contributed by atoms with Crippen LogP contribution in [0.5, 0.6) is 0 Å². The van der Waals surface area contributed by atoms with E-state index in [2.05, 4.69) is 36.8 Å². The van der Waals surface area contributed by atoms with Gasteiger partial charge in [0.25, 0.3) is 5.91 Å². The van der Waals surface area contributed by atoms with Crippen molar-refractivity contribution in [3.05, 3.63) is 50.8 Å². The number of carbonyl (C=O) groups is 1. The van der Waals surface area contributed by atoms with Crippen LogP contribution in [0, 0.1) is 5.82 Å². The number of amides is 1. The van der Waals surface area contributed by atoms with E-state index in [9.17, 15) is 9.18 Å². The van der Waals surface area contributed by atoms with Gasteiger partial charge in [-0.2, -0.15) is 4.68 Å².